The molecular weight excluding hydrogens is 1730 g/mol. The van der Waals surface area contributed by atoms with Crippen molar-refractivity contribution in [3.05, 3.63) is 424 Å². The van der Waals surface area contributed by atoms with E-state index in [1.54, 1.807) is 98.9 Å². The second-order valence-corrected chi connectivity index (χ2v) is 33.3. The Hall–Kier alpha value is -20.5. The predicted molar refractivity (Wildman–Crippen MR) is 564 cm³/mol. The highest BCUT2D eigenvalue weighted by molar-refractivity contribution is 6.35. The molecule has 10 heterocycles. The van der Waals surface area contributed by atoms with Gasteiger partial charge < -0.3 is 9.69 Å². The minimum atomic E-state index is -0.0143. The number of nitrogens with zero attached hydrogens (tertiary/aromatic N) is 22. The maximum Gasteiger partial charge on any atom is 0.294 e. The van der Waals surface area contributed by atoms with Gasteiger partial charge in [0.2, 0.25) is 11.0 Å². The van der Waals surface area contributed by atoms with E-state index in [0.717, 1.165) is 180 Å². The quantitative estimate of drug-likeness (QED) is 0.101. The van der Waals surface area contributed by atoms with Gasteiger partial charge in [-0.2, -0.15) is 0 Å². The lowest BCUT2D eigenvalue weighted by atomic mass is 9.94. The Morgan fingerprint density at radius 1 is 0.136 bits per heavy atom. The van der Waals surface area contributed by atoms with Crippen molar-refractivity contribution in [1.82, 2.24) is 89.7 Å². The minimum absolute atomic E-state index is 0.00481. The molecule has 30 rings (SSSR count). The molecule has 0 atom stereocenters. The summed E-state index contributed by atoms with van der Waals surface area (Å²) in [5, 5.41) is 33.4. The molecule has 0 saturated carbocycles. The molecule has 0 bridgehead atoms. The second kappa shape index (κ2) is 34.0. The van der Waals surface area contributed by atoms with Gasteiger partial charge in [0.15, 0.2) is 11.4 Å². The van der Waals surface area contributed by atoms with E-state index < -0.39 is 0 Å². The van der Waals surface area contributed by atoms with Crippen LogP contribution in [0.5, 0.6) is 0 Å². The highest BCUT2D eigenvalue weighted by atomic mass is 15.0. The number of benzene rings is 20. The Bertz CT molecular complexity index is 9600. The van der Waals surface area contributed by atoms with E-state index in [4.69, 9.17) is 26.3 Å². The molecule has 30 aromatic rings. The molecule has 0 radical (unpaired) electrons. The van der Waals surface area contributed by atoms with Gasteiger partial charge in [0, 0.05) is 164 Å². The third-order valence-corrected chi connectivity index (χ3v) is 25.9. The van der Waals surface area contributed by atoms with Crippen molar-refractivity contribution >= 4 is 284 Å². The van der Waals surface area contributed by atoms with Gasteiger partial charge in [-0.15, -0.1) is 9.97 Å². The zero-order valence-electron chi connectivity index (χ0n) is 73.6. The molecule has 644 valence electrons. The summed E-state index contributed by atoms with van der Waals surface area (Å²) in [4.78, 5) is 95.6. The van der Waals surface area contributed by atoms with E-state index in [-0.39, 0.29) is 11.6 Å². The normalized spacial score (nSPS) is 11.4. The van der Waals surface area contributed by atoms with Crippen molar-refractivity contribution in [2.24, 2.45) is 0 Å². The Morgan fingerprint density at radius 2 is 0.357 bits per heavy atom. The number of pyridine rings is 2. The minimum Gasteiger partial charge on any atom is -0.370 e. The average Bonchev–Trinajstić information content (AvgIpc) is 0.757. The van der Waals surface area contributed by atoms with Crippen LogP contribution in [0.25, 0.3) is 280 Å². The molecule has 140 heavy (non-hydrogen) atoms. The Labute approximate surface area is 792 Å². The van der Waals surface area contributed by atoms with Crippen LogP contribution >= 0.6 is 0 Å². The lowest BCUT2D eigenvalue weighted by Gasteiger charge is -2.12. The van der Waals surface area contributed by atoms with Gasteiger partial charge in [0.1, 0.15) is 27.6 Å². The van der Waals surface area contributed by atoms with Crippen molar-refractivity contribution in [2.75, 3.05) is 0 Å². The highest BCUT2D eigenvalue weighted by Gasteiger charge is 2.25. The van der Waals surface area contributed by atoms with Gasteiger partial charge in [0.05, 0.1) is 73.8 Å². The summed E-state index contributed by atoms with van der Waals surface area (Å²) in [5.74, 6) is -0.00945. The van der Waals surface area contributed by atoms with E-state index in [2.05, 4.69) is 303 Å². The summed E-state index contributed by atoms with van der Waals surface area (Å²) >= 11 is 0. The van der Waals surface area contributed by atoms with Crippen LogP contribution in [-0.4, -0.2) is 89.7 Å². The van der Waals surface area contributed by atoms with Crippen LogP contribution in [0.15, 0.2) is 378 Å². The summed E-state index contributed by atoms with van der Waals surface area (Å²) < 4.78 is 0. The van der Waals surface area contributed by atoms with Crippen LogP contribution in [0.2, 0.25) is 0 Å². The number of hydrogen-bond acceptors (Lipinski definition) is 18. The number of fused-ring (bicyclic) bond motifs is 48. The SMILES string of the molecule is [C-]#[N+]c1cc2c(cc1[N+]#[C-])c1nccnc1c1c3ccccc3ccc21.[C-]#[N+]c1nc2c3ccc4ccccc4c3c3nccnc3c2nc1[N+]#[C-].c1ccc2c(c1)ccc1c3ccccc3c3nccnc3c21.c1ccc2c(c1)ccc1c3cccnc3c3nccnc3c21.c1ccc2c(c1)ccc1c3ncccc3c3nccnc3c21.c1ccc2c(c1)ccc1c3nccnc3c3nccnc3c21. The maximum atomic E-state index is 7.42. The molecule has 0 amide bonds. The first kappa shape index (κ1) is 81.5. The fourth-order valence-corrected chi connectivity index (χ4v) is 20.0. The van der Waals surface area contributed by atoms with Crippen molar-refractivity contribution in [1.29, 1.82) is 0 Å². The first-order chi connectivity index (χ1) is 69.4. The monoisotopic (exact) mass is 1790 g/mol. The number of hydrogen-bond donors (Lipinski definition) is 0. The molecule has 20 aromatic carbocycles. The van der Waals surface area contributed by atoms with Crippen molar-refractivity contribution in [3.63, 3.8) is 0 Å². The molecule has 0 N–H and O–H groups in total. The first-order valence-corrected chi connectivity index (χ1v) is 44.8. The molecule has 22 heteroatoms. The Morgan fingerprint density at radius 3 is 0.750 bits per heavy atom. The molecule has 0 fully saturated rings. The molecule has 0 aliphatic rings. The standard InChI is InChI=1S/C22H10N4.C20H8N6.C20H12N2.2C19H11N3.C18H10N4/c1-23-18-11-16-15-8-7-13-5-3-4-6-14(13)20(15)22-21(25-9-10-26-22)17(16)12-19(18)24-2;1-21-19-20(22-2)26-18-15(25-19)13-8-7-11-5-3-4-6-12(11)14(13)16-17(18)24-10-9-23-16;1-2-6-14-13(5-1)9-10-16-15-7-3-4-8-17(15)19-20(18(14)16)22-12-11-21-19;1-2-5-13-12(4-1)7-8-14-16(13)19-18(21-10-11-22-19)15-6-3-9-20-17(14)15;1-2-5-13-12(4-1)7-8-14-15-6-3-9-20-17(15)19-18(16(13)14)21-10-11-22-19;1-2-4-12-11(3-1)5-6-13-14(12)16-18(22-10-8-20-16)17-15(13)19-7-9-21-17/h3-12H;3-10H;1-12H;2*1-11H;1-10H. The molecule has 22 nitrogen and oxygen atoms in total. The van der Waals surface area contributed by atoms with E-state index in [9.17, 15) is 0 Å². The molecule has 0 spiro atoms. The summed E-state index contributed by atoms with van der Waals surface area (Å²) in [6, 6.07) is 95.3. The van der Waals surface area contributed by atoms with Gasteiger partial charge in [-0.3, -0.25) is 84.4 Å². The van der Waals surface area contributed by atoms with E-state index in [1.807, 2.05) is 85.2 Å². The molecular formula is C118H62N22. The molecule has 0 saturated heterocycles. The first-order valence-electron chi connectivity index (χ1n) is 44.8. The Balaban J connectivity index is 0.0000000888. The van der Waals surface area contributed by atoms with Crippen LogP contribution in [0.4, 0.5) is 23.0 Å². The summed E-state index contributed by atoms with van der Waals surface area (Å²) in [5.41, 5.74) is 15.5. The van der Waals surface area contributed by atoms with Gasteiger partial charge in [-0.1, -0.05) is 268 Å². The summed E-state index contributed by atoms with van der Waals surface area (Å²) in [6.45, 7) is 29.4. The van der Waals surface area contributed by atoms with Gasteiger partial charge >= 0.3 is 0 Å². The third kappa shape index (κ3) is 13.4. The molecule has 10 aromatic heterocycles. The average molecular weight is 1790 g/mol. The van der Waals surface area contributed by atoms with Crippen LogP contribution in [0, 0.1) is 26.3 Å². The molecule has 0 unspecified atom stereocenters. The van der Waals surface area contributed by atoms with Crippen LogP contribution in [0.1, 0.15) is 0 Å². The van der Waals surface area contributed by atoms with E-state index in [0.29, 0.717) is 33.4 Å². The summed E-state index contributed by atoms with van der Waals surface area (Å²) in [7, 11) is 0. The highest BCUT2D eigenvalue weighted by Crippen LogP contribution is 2.47. The second-order valence-electron chi connectivity index (χ2n) is 33.3. The fourth-order valence-electron chi connectivity index (χ4n) is 20.0. The lowest BCUT2D eigenvalue weighted by Crippen LogP contribution is -1.93. The van der Waals surface area contributed by atoms with Crippen molar-refractivity contribution < 1.29 is 0 Å². The van der Waals surface area contributed by atoms with Crippen LogP contribution in [-0.2, 0) is 0 Å². The number of rotatable bonds is 0. The smallest absolute Gasteiger partial charge is 0.294 e. The zero-order chi connectivity index (χ0) is 93.4. The third-order valence-electron chi connectivity index (χ3n) is 25.9. The van der Waals surface area contributed by atoms with Crippen LogP contribution in [0.3, 0.4) is 0 Å². The fraction of sp³-hybridized carbons (Fsp3) is 0. The van der Waals surface area contributed by atoms with Gasteiger partial charge in [-0.25, -0.2) is 4.98 Å². The van der Waals surface area contributed by atoms with Gasteiger partial charge in [-0.05, 0) is 121 Å². The van der Waals surface area contributed by atoms with Crippen molar-refractivity contribution in [3.8, 4) is 0 Å². The maximum absolute atomic E-state index is 7.42. The molecule has 0 aliphatic heterocycles. The predicted octanol–water partition coefficient (Wildman–Crippen LogP) is 29.1. The lowest BCUT2D eigenvalue weighted by molar-refractivity contribution is 1.27. The topological polar surface area (TPSA) is 249 Å². The van der Waals surface area contributed by atoms with E-state index >= 15 is 0 Å². The summed E-state index contributed by atoms with van der Waals surface area (Å²) in [6.07, 6.45) is 27.6. The van der Waals surface area contributed by atoms with Gasteiger partial charge in [0.25, 0.3) is 11.6 Å². The van der Waals surface area contributed by atoms with E-state index in [1.165, 1.54) is 59.2 Å². The van der Waals surface area contributed by atoms with Crippen LogP contribution < -0.4 is 0 Å². The Kier molecular flexibility index (Phi) is 19.8. The number of aromatic nitrogens is 18. The van der Waals surface area contributed by atoms with Crippen molar-refractivity contribution in [2.45, 2.75) is 0 Å². The molecule has 0 aliphatic carbocycles. The zero-order valence-corrected chi connectivity index (χ0v) is 73.6. The largest absolute Gasteiger partial charge is 0.370 e.